The van der Waals surface area contributed by atoms with Gasteiger partial charge in [0.05, 0.1) is 6.61 Å². The lowest BCUT2D eigenvalue weighted by Gasteiger charge is -2.24. The first-order valence-corrected chi connectivity index (χ1v) is 5.83. The zero-order valence-corrected chi connectivity index (χ0v) is 12.5. The molecule has 0 bridgehead atoms. The third-order valence-corrected chi connectivity index (χ3v) is 3.47. The second kappa shape index (κ2) is 6.05. The molecule has 2 saturated heterocycles. The largest absolute Gasteiger partial charge is 0.381 e. The molecule has 0 radical (unpaired) electrons. The Morgan fingerprint density at radius 1 is 1.50 bits per heavy atom. The van der Waals surface area contributed by atoms with Crippen molar-refractivity contribution < 1.29 is 4.74 Å². The van der Waals surface area contributed by atoms with Crippen LogP contribution in [0, 0.1) is 5.41 Å². The lowest BCUT2D eigenvalue weighted by Crippen LogP contribution is -2.41. The summed E-state index contributed by atoms with van der Waals surface area (Å²) < 4.78 is 5.52. The van der Waals surface area contributed by atoms with Crippen molar-refractivity contribution in [1.82, 2.24) is 10.2 Å². The van der Waals surface area contributed by atoms with Gasteiger partial charge in [0.2, 0.25) is 0 Å². The Hall–Kier alpha value is -0.0400. The van der Waals surface area contributed by atoms with Crippen molar-refractivity contribution >= 4 is 29.9 Å². The van der Waals surface area contributed by atoms with Gasteiger partial charge in [-0.25, -0.2) is 0 Å². The van der Waals surface area contributed by atoms with Crippen LogP contribution >= 0.6 is 24.0 Å². The summed E-state index contributed by atoms with van der Waals surface area (Å²) in [5.74, 6) is 1.04. The number of guanidine groups is 1. The Labute approximate surface area is 115 Å². The number of likely N-dealkylation sites (tertiary alicyclic amines) is 1. The minimum atomic E-state index is 0. The van der Waals surface area contributed by atoms with E-state index in [0.717, 1.165) is 38.8 Å². The summed E-state index contributed by atoms with van der Waals surface area (Å²) in [5.41, 5.74) is 0.422. The Kier molecular flexibility index (Phi) is 5.30. The van der Waals surface area contributed by atoms with Crippen LogP contribution in [0.2, 0.25) is 0 Å². The molecule has 5 heteroatoms. The SMILES string of the molecule is CCNC(=NC)N1CCC2(CCOC2)C1.I. The molecule has 2 rings (SSSR count). The number of halogens is 1. The smallest absolute Gasteiger partial charge is 0.193 e. The number of aliphatic imine (C=N–C) groups is 1. The molecule has 4 nitrogen and oxygen atoms in total. The average molecular weight is 339 g/mol. The van der Waals surface area contributed by atoms with Gasteiger partial charge in [-0.1, -0.05) is 0 Å². The van der Waals surface area contributed by atoms with Crippen LogP contribution in [0.5, 0.6) is 0 Å². The summed E-state index contributed by atoms with van der Waals surface area (Å²) in [5, 5.41) is 3.32. The van der Waals surface area contributed by atoms with Gasteiger partial charge >= 0.3 is 0 Å². The predicted molar refractivity (Wildman–Crippen MR) is 76.5 cm³/mol. The molecule has 1 atom stereocenters. The molecule has 0 aliphatic carbocycles. The molecule has 2 aliphatic rings. The molecule has 2 fully saturated rings. The molecule has 0 aromatic carbocycles. The van der Waals surface area contributed by atoms with Crippen LogP contribution in [0.15, 0.2) is 4.99 Å². The van der Waals surface area contributed by atoms with Crippen LogP contribution in [-0.2, 0) is 4.74 Å². The monoisotopic (exact) mass is 339 g/mol. The summed E-state index contributed by atoms with van der Waals surface area (Å²) >= 11 is 0. The van der Waals surface area contributed by atoms with Gasteiger partial charge in [0.15, 0.2) is 5.96 Å². The third-order valence-electron chi connectivity index (χ3n) is 3.47. The van der Waals surface area contributed by atoms with Gasteiger partial charge in [-0.15, -0.1) is 24.0 Å². The molecule has 0 aromatic heterocycles. The molecule has 1 spiro atoms. The van der Waals surface area contributed by atoms with Gasteiger partial charge < -0.3 is 15.0 Å². The van der Waals surface area contributed by atoms with Crippen molar-refractivity contribution in [3.05, 3.63) is 0 Å². The van der Waals surface area contributed by atoms with Crippen LogP contribution in [0.1, 0.15) is 19.8 Å². The van der Waals surface area contributed by atoms with Gasteiger partial charge in [0, 0.05) is 38.7 Å². The minimum absolute atomic E-state index is 0. The topological polar surface area (TPSA) is 36.9 Å². The normalized spacial score (nSPS) is 29.6. The van der Waals surface area contributed by atoms with Crippen LogP contribution in [0.3, 0.4) is 0 Å². The third kappa shape index (κ3) is 2.80. The van der Waals surface area contributed by atoms with Crippen LogP contribution in [0.4, 0.5) is 0 Å². The van der Waals surface area contributed by atoms with Crippen LogP contribution in [-0.4, -0.2) is 50.8 Å². The number of nitrogens with one attached hydrogen (secondary N) is 1. The molecule has 94 valence electrons. The number of rotatable bonds is 1. The first kappa shape index (κ1) is 14.0. The van der Waals surface area contributed by atoms with E-state index in [-0.39, 0.29) is 24.0 Å². The number of hydrogen-bond acceptors (Lipinski definition) is 2. The fraction of sp³-hybridized carbons (Fsp3) is 0.909. The summed E-state index contributed by atoms with van der Waals surface area (Å²) in [4.78, 5) is 6.66. The lowest BCUT2D eigenvalue weighted by molar-refractivity contribution is 0.156. The highest BCUT2D eigenvalue weighted by Crippen LogP contribution is 2.37. The van der Waals surface area contributed by atoms with Crippen molar-refractivity contribution in [2.75, 3.05) is 39.9 Å². The first-order chi connectivity index (χ1) is 7.29. The zero-order valence-electron chi connectivity index (χ0n) is 10.2. The molecule has 1 unspecified atom stereocenters. The Morgan fingerprint density at radius 2 is 2.31 bits per heavy atom. The Morgan fingerprint density at radius 3 is 2.88 bits per heavy atom. The summed E-state index contributed by atoms with van der Waals surface area (Å²) in [6, 6.07) is 0. The second-order valence-corrected chi connectivity index (χ2v) is 4.55. The summed E-state index contributed by atoms with van der Waals surface area (Å²) in [7, 11) is 1.86. The van der Waals surface area contributed by atoms with Gasteiger partial charge in [0.1, 0.15) is 0 Å². The van der Waals surface area contributed by atoms with Gasteiger partial charge in [0.25, 0.3) is 0 Å². The van der Waals surface area contributed by atoms with E-state index in [1.165, 1.54) is 12.8 Å². The summed E-state index contributed by atoms with van der Waals surface area (Å²) in [6.07, 6.45) is 2.46. The van der Waals surface area contributed by atoms with Crippen LogP contribution < -0.4 is 5.32 Å². The van der Waals surface area contributed by atoms with E-state index in [1.54, 1.807) is 0 Å². The quantitative estimate of drug-likeness (QED) is 0.445. The molecule has 0 amide bonds. The average Bonchev–Trinajstić information content (AvgIpc) is 2.86. The van der Waals surface area contributed by atoms with E-state index in [2.05, 4.69) is 22.1 Å². The van der Waals surface area contributed by atoms with Gasteiger partial charge in [-0.05, 0) is 19.8 Å². The minimum Gasteiger partial charge on any atom is -0.381 e. The van der Waals surface area contributed by atoms with Crippen molar-refractivity contribution in [2.24, 2.45) is 10.4 Å². The van der Waals surface area contributed by atoms with E-state index < -0.39 is 0 Å². The fourth-order valence-corrected chi connectivity index (χ4v) is 2.58. The van der Waals surface area contributed by atoms with E-state index in [0.29, 0.717) is 5.41 Å². The standard InChI is InChI=1S/C11H21N3O.HI/c1-3-13-10(12-2)14-6-4-11(8-14)5-7-15-9-11;/h3-9H2,1-2H3,(H,12,13);1H. The maximum atomic E-state index is 5.52. The first-order valence-electron chi connectivity index (χ1n) is 5.83. The lowest BCUT2D eigenvalue weighted by atomic mass is 9.87. The van der Waals surface area contributed by atoms with E-state index in [9.17, 15) is 0 Å². The molecular formula is C11H22IN3O. The molecule has 16 heavy (non-hydrogen) atoms. The predicted octanol–water partition coefficient (Wildman–Crippen LogP) is 1.31. The maximum absolute atomic E-state index is 5.52. The van der Waals surface area contributed by atoms with Crippen molar-refractivity contribution in [3.63, 3.8) is 0 Å². The number of ether oxygens (including phenoxy) is 1. The number of nitrogens with zero attached hydrogens (tertiary/aromatic N) is 2. The molecule has 0 saturated carbocycles. The molecule has 2 heterocycles. The second-order valence-electron chi connectivity index (χ2n) is 4.55. The highest BCUT2D eigenvalue weighted by atomic mass is 127. The maximum Gasteiger partial charge on any atom is 0.193 e. The highest BCUT2D eigenvalue weighted by Gasteiger charge is 2.42. The van der Waals surface area contributed by atoms with E-state index >= 15 is 0 Å². The van der Waals surface area contributed by atoms with Crippen molar-refractivity contribution in [1.29, 1.82) is 0 Å². The molecular weight excluding hydrogens is 317 g/mol. The van der Waals surface area contributed by atoms with Crippen molar-refractivity contribution in [3.8, 4) is 0 Å². The van der Waals surface area contributed by atoms with Crippen LogP contribution in [0.25, 0.3) is 0 Å². The van der Waals surface area contributed by atoms with Crippen molar-refractivity contribution in [2.45, 2.75) is 19.8 Å². The number of hydrogen-bond donors (Lipinski definition) is 1. The fourth-order valence-electron chi connectivity index (χ4n) is 2.58. The van der Waals surface area contributed by atoms with Gasteiger partial charge in [-0.3, -0.25) is 4.99 Å². The van der Waals surface area contributed by atoms with E-state index in [4.69, 9.17) is 4.74 Å². The Balaban J connectivity index is 0.00000128. The molecule has 1 N–H and O–H groups in total. The Bertz CT molecular complexity index is 252. The summed E-state index contributed by atoms with van der Waals surface area (Å²) in [6.45, 7) is 7.14. The highest BCUT2D eigenvalue weighted by molar-refractivity contribution is 14.0. The molecule has 2 aliphatic heterocycles. The zero-order chi connectivity index (χ0) is 10.7. The molecule has 0 aromatic rings. The van der Waals surface area contributed by atoms with E-state index in [1.807, 2.05) is 7.05 Å². The van der Waals surface area contributed by atoms with Gasteiger partial charge in [-0.2, -0.15) is 0 Å².